The third kappa shape index (κ3) is 3.42. The number of benzene rings is 1. The lowest BCUT2D eigenvalue weighted by Crippen LogP contribution is -2.37. The maximum atomic E-state index is 11.6. The first-order chi connectivity index (χ1) is 13.5. The Labute approximate surface area is 166 Å². The topological polar surface area (TPSA) is 93.6 Å². The summed E-state index contributed by atoms with van der Waals surface area (Å²) >= 11 is 6.69. The van der Waals surface area contributed by atoms with Crippen molar-refractivity contribution in [2.24, 2.45) is 0 Å². The van der Waals surface area contributed by atoms with Crippen molar-refractivity contribution in [3.8, 4) is 22.6 Å². The highest BCUT2D eigenvalue weighted by Gasteiger charge is 2.18. The Hall–Kier alpha value is -3.03. The predicted octanol–water partition coefficient (Wildman–Crippen LogP) is 2.68. The first-order valence-electron chi connectivity index (χ1n) is 8.84. The van der Waals surface area contributed by atoms with Crippen LogP contribution in [0.4, 0.5) is 11.6 Å². The van der Waals surface area contributed by atoms with Gasteiger partial charge in [-0.15, -0.1) is 0 Å². The van der Waals surface area contributed by atoms with Gasteiger partial charge >= 0.3 is 0 Å². The van der Waals surface area contributed by atoms with Crippen molar-refractivity contribution in [3.63, 3.8) is 0 Å². The third-order valence-electron chi connectivity index (χ3n) is 4.68. The molecular formula is C20H19ClN4O3. The molecule has 1 aromatic carbocycles. The quantitative estimate of drug-likeness (QED) is 0.704. The van der Waals surface area contributed by atoms with Crippen LogP contribution < -0.4 is 16.1 Å². The number of ether oxygens (including phenoxy) is 1. The Morgan fingerprint density at radius 1 is 1.18 bits per heavy atom. The van der Waals surface area contributed by atoms with Crippen molar-refractivity contribution in [1.82, 2.24) is 9.55 Å². The second-order valence-corrected chi connectivity index (χ2v) is 6.84. The molecule has 0 bridgehead atoms. The van der Waals surface area contributed by atoms with Crippen molar-refractivity contribution in [2.75, 3.05) is 36.9 Å². The molecule has 0 atom stereocenters. The van der Waals surface area contributed by atoms with E-state index in [1.54, 1.807) is 10.8 Å². The number of morpholine rings is 1. The number of aromatic hydroxyl groups is 1. The summed E-state index contributed by atoms with van der Waals surface area (Å²) < 4.78 is 6.95. The summed E-state index contributed by atoms with van der Waals surface area (Å²) in [6.07, 6.45) is 3.04. The van der Waals surface area contributed by atoms with Crippen molar-refractivity contribution in [2.45, 2.75) is 0 Å². The molecule has 2 aromatic heterocycles. The van der Waals surface area contributed by atoms with Crippen molar-refractivity contribution < 1.29 is 9.84 Å². The molecular weight excluding hydrogens is 380 g/mol. The number of anilines is 2. The highest BCUT2D eigenvalue weighted by atomic mass is 35.5. The molecule has 1 aliphatic rings. The molecule has 7 nitrogen and oxygen atoms in total. The maximum Gasteiger partial charge on any atom is 0.225 e. The molecule has 1 fully saturated rings. The molecule has 0 spiro atoms. The summed E-state index contributed by atoms with van der Waals surface area (Å²) in [5.74, 6) is 0.597. The Kier molecular flexibility index (Phi) is 4.93. The van der Waals surface area contributed by atoms with E-state index in [1.165, 1.54) is 12.3 Å². The summed E-state index contributed by atoms with van der Waals surface area (Å²) in [5.41, 5.74) is 7.85. The average molecular weight is 399 g/mol. The fourth-order valence-electron chi connectivity index (χ4n) is 3.24. The standard InChI is InChI=1S/C20H19ClN4O3/c21-19-15(4-5-23-20(19)24-6-8-28-9-7-24)13-2-1-3-14(10-13)25-12-17(27)16(26)11-18(25)22/h1-5,10-12,27H,6-9,22H2. The lowest BCUT2D eigenvalue weighted by Gasteiger charge is -2.29. The Morgan fingerprint density at radius 2 is 1.96 bits per heavy atom. The van der Waals surface area contributed by atoms with Gasteiger partial charge in [-0.25, -0.2) is 4.98 Å². The molecule has 0 radical (unpaired) electrons. The lowest BCUT2D eigenvalue weighted by atomic mass is 10.1. The molecule has 0 saturated carbocycles. The number of nitrogens with zero attached hydrogens (tertiary/aromatic N) is 3. The minimum Gasteiger partial charge on any atom is -0.503 e. The minimum atomic E-state index is -0.516. The van der Waals surface area contributed by atoms with Gasteiger partial charge in [0.2, 0.25) is 5.43 Å². The van der Waals surface area contributed by atoms with E-state index in [4.69, 9.17) is 22.1 Å². The molecule has 3 aromatic rings. The number of halogens is 1. The van der Waals surface area contributed by atoms with Crippen LogP contribution in [0, 0.1) is 0 Å². The van der Waals surface area contributed by atoms with Gasteiger partial charge in [-0.05, 0) is 23.8 Å². The number of rotatable bonds is 3. The highest BCUT2D eigenvalue weighted by Crippen LogP contribution is 2.35. The molecule has 3 heterocycles. The maximum absolute atomic E-state index is 11.6. The Morgan fingerprint density at radius 3 is 2.75 bits per heavy atom. The van der Waals surface area contributed by atoms with Crippen LogP contribution in [-0.2, 0) is 4.74 Å². The average Bonchev–Trinajstić information content (AvgIpc) is 2.71. The Balaban J connectivity index is 1.76. The van der Waals surface area contributed by atoms with Crippen LogP contribution in [0.3, 0.4) is 0 Å². The monoisotopic (exact) mass is 398 g/mol. The van der Waals surface area contributed by atoms with Crippen molar-refractivity contribution in [3.05, 3.63) is 64.0 Å². The molecule has 0 unspecified atom stereocenters. The molecule has 1 saturated heterocycles. The number of nitrogen functional groups attached to an aromatic ring is 1. The zero-order valence-electron chi connectivity index (χ0n) is 15.0. The zero-order valence-corrected chi connectivity index (χ0v) is 15.8. The molecule has 0 amide bonds. The first kappa shape index (κ1) is 18.3. The molecule has 1 aliphatic heterocycles. The van der Waals surface area contributed by atoms with Gasteiger partial charge in [-0.3, -0.25) is 9.36 Å². The van der Waals surface area contributed by atoms with Crippen LogP contribution in [0.15, 0.2) is 53.6 Å². The van der Waals surface area contributed by atoms with E-state index in [0.29, 0.717) is 23.9 Å². The van der Waals surface area contributed by atoms with Crippen LogP contribution in [0.25, 0.3) is 16.8 Å². The summed E-state index contributed by atoms with van der Waals surface area (Å²) in [5, 5.41) is 10.3. The van der Waals surface area contributed by atoms with Gasteiger partial charge in [-0.2, -0.15) is 0 Å². The lowest BCUT2D eigenvalue weighted by molar-refractivity contribution is 0.122. The number of hydrogen-bond acceptors (Lipinski definition) is 6. The molecule has 8 heteroatoms. The summed E-state index contributed by atoms with van der Waals surface area (Å²) in [6, 6.07) is 10.6. The second-order valence-electron chi connectivity index (χ2n) is 6.46. The van der Waals surface area contributed by atoms with Crippen LogP contribution >= 0.6 is 11.6 Å². The molecule has 0 aliphatic carbocycles. The fraction of sp³-hybridized carbons (Fsp3) is 0.200. The smallest absolute Gasteiger partial charge is 0.225 e. The van der Waals surface area contributed by atoms with E-state index in [0.717, 1.165) is 30.0 Å². The normalized spacial score (nSPS) is 14.2. The van der Waals surface area contributed by atoms with Crippen molar-refractivity contribution >= 4 is 23.2 Å². The van der Waals surface area contributed by atoms with E-state index in [2.05, 4.69) is 9.88 Å². The van der Waals surface area contributed by atoms with Gasteiger partial charge in [0.15, 0.2) is 5.75 Å². The molecule has 3 N–H and O–H groups in total. The SMILES string of the molecule is Nc1cc(=O)c(O)cn1-c1cccc(-c2ccnc(N3CCOCC3)c2Cl)c1. The summed E-state index contributed by atoms with van der Waals surface area (Å²) in [4.78, 5) is 18.1. The largest absolute Gasteiger partial charge is 0.503 e. The van der Waals surface area contributed by atoms with Gasteiger partial charge < -0.3 is 20.5 Å². The van der Waals surface area contributed by atoms with Crippen molar-refractivity contribution in [1.29, 1.82) is 0 Å². The van der Waals surface area contributed by atoms with E-state index in [9.17, 15) is 9.90 Å². The number of pyridine rings is 2. The summed E-state index contributed by atoms with van der Waals surface area (Å²) in [6.45, 7) is 2.77. The first-order valence-corrected chi connectivity index (χ1v) is 9.21. The van der Waals surface area contributed by atoms with E-state index in [1.807, 2.05) is 30.3 Å². The second kappa shape index (κ2) is 7.53. The number of aromatic nitrogens is 2. The van der Waals surface area contributed by atoms with Crippen LogP contribution in [0.2, 0.25) is 5.02 Å². The predicted molar refractivity (Wildman–Crippen MR) is 109 cm³/mol. The van der Waals surface area contributed by atoms with E-state index < -0.39 is 5.43 Å². The zero-order chi connectivity index (χ0) is 19.7. The Bertz CT molecular complexity index is 1080. The van der Waals surface area contributed by atoms with Crippen LogP contribution in [0.5, 0.6) is 5.75 Å². The van der Waals surface area contributed by atoms with Gasteiger partial charge in [-0.1, -0.05) is 23.7 Å². The van der Waals surface area contributed by atoms with Gasteiger partial charge in [0.05, 0.1) is 24.4 Å². The van der Waals surface area contributed by atoms with E-state index >= 15 is 0 Å². The number of nitrogens with two attached hydrogens (primary N) is 1. The molecule has 144 valence electrons. The van der Waals surface area contributed by atoms with Gasteiger partial charge in [0.1, 0.15) is 11.6 Å². The van der Waals surface area contributed by atoms with Gasteiger partial charge in [0, 0.05) is 36.6 Å². The van der Waals surface area contributed by atoms with E-state index in [-0.39, 0.29) is 11.6 Å². The van der Waals surface area contributed by atoms with Crippen LogP contribution in [-0.4, -0.2) is 41.0 Å². The minimum absolute atomic E-state index is 0.231. The van der Waals surface area contributed by atoms with Crippen LogP contribution in [0.1, 0.15) is 0 Å². The molecule has 28 heavy (non-hydrogen) atoms. The highest BCUT2D eigenvalue weighted by molar-refractivity contribution is 6.35. The number of hydrogen-bond donors (Lipinski definition) is 2. The van der Waals surface area contributed by atoms with Gasteiger partial charge in [0.25, 0.3) is 0 Å². The fourth-order valence-corrected chi connectivity index (χ4v) is 3.58. The third-order valence-corrected chi connectivity index (χ3v) is 5.05. The molecule has 4 rings (SSSR count). The summed E-state index contributed by atoms with van der Waals surface area (Å²) in [7, 11) is 0.